The van der Waals surface area contributed by atoms with E-state index in [0.717, 1.165) is 18.5 Å². The number of aryl methyl sites for hydroxylation is 2. The van der Waals surface area contributed by atoms with Gasteiger partial charge >= 0.3 is 0 Å². The van der Waals surface area contributed by atoms with Gasteiger partial charge in [-0.1, -0.05) is 23.2 Å². The molecule has 1 amide bonds. The van der Waals surface area contributed by atoms with E-state index in [9.17, 15) is 14.3 Å². The minimum atomic E-state index is -1.08. The zero-order valence-corrected chi connectivity index (χ0v) is 20.9. The molecule has 2 saturated carbocycles. The highest BCUT2D eigenvalue weighted by molar-refractivity contribution is 6.33. The molecule has 5 rings (SSSR count). The monoisotopic (exact) mass is 520 g/mol. The van der Waals surface area contributed by atoms with Crippen molar-refractivity contribution in [2.75, 3.05) is 11.1 Å². The summed E-state index contributed by atoms with van der Waals surface area (Å²) in [5.41, 5.74) is 7.05. The van der Waals surface area contributed by atoms with E-state index in [1.54, 1.807) is 22.6 Å². The number of nitrogens with two attached hydrogens (primary N) is 1. The smallest absolute Gasteiger partial charge is 0.274 e. The molecule has 0 saturated heterocycles. The van der Waals surface area contributed by atoms with E-state index in [2.05, 4.69) is 15.4 Å². The van der Waals surface area contributed by atoms with Crippen molar-refractivity contribution in [3.05, 3.63) is 57.5 Å². The molecule has 2 unspecified atom stereocenters. The van der Waals surface area contributed by atoms with Crippen LogP contribution in [0.25, 0.3) is 0 Å². The Balaban J connectivity index is 1.34. The van der Waals surface area contributed by atoms with Gasteiger partial charge in [-0.15, -0.1) is 0 Å². The van der Waals surface area contributed by atoms with Crippen LogP contribution in [0.5, 0.6) is 0 Å². The maximum absolute atomic E-state index is 13.5. The summed E-state index contributed by atoms with van der Waals surface area (Å²) in [4.78, 5) is 17.7. The van der Waals surface area contributed by atoms with Gasteiger partial charge in [-0.25, -0.2) is 9.37 Å². The van der Waals surface area contributed by atoms with Gasteiger partial charge in [0.15, 0.2) is 5.82 Å². The second-order valence-corrected chi connectivity index (χ2v) is 10.4. The zero-order valence-electron chi connectivity index (χ0n) is 19.4. The first-order chi connectivity index (χ1) is 16.6. The molecule has 2 aliphatic rings. The SMILES string of the molecule is CCn1nc(N)c(Cl)c1C1(O)CC2CC(c3ncn(C)c3C(=O)Nc3ccc(F)c(Cl)c3)CC2C1. The molecule has 186 valence electrons. The van der Waals surface area contributed by atoms with Crippen LogP contribution in [0.1, 0.15) is 60.4 Å². The molecule has 0 bridgehead atoms. The third kappa shape index (κ3) is 4.09. The molecular weight excluding hydrogens is 494 g/mol. The maximum atomic E-state index is 13.5. The molecule has 2 fully saturated rings. The van der Waals surface area contributed by atoms with Crippen molar-refractivity contribution in [1.82, 2.24) is 19.3 Å². The molecule has 35 heavy (non-hydrogen) atoms. The van der Waals surface area contributed by atoms with Crippen molar-refractivity contribution in [2.24, 2.45) is 18.9 Å². The fourth-order valence-electron chi connectivity index (χ4n) is 6.00. The van der Waals surface area contributed by atoms with Crippen molar-refractivity contribution in [3.8, 4) is 0 Å². The van der Waals surface area contributed by atoms with Gasteiger partial charge in [0.2, 0.25) is 0 Å². The third-order valence-corrected chi connectivity index (χ3v) is 8.11. The molecule has 2 aromatic heterocycles. The van der Waals surface area contributed by atoms with Crippen LogP contribution in [0.2, 0.25) is 10.0 Å². The van der Waals surface area contributed by atoms with E-state index < -0.39 is 11.4 Å². The quantitative estimate of drug-likeness (QED) is 0.451. The summed E-state index contributed by atoms with van der Waals surface area (Å²) in [5, 5.41) is 18.9. The average molecular weight is 521 g/mol. The van der Waals surface area contributed by atoms with Gasteiger partial charge in [0.05, 0.1) is 22.7 Å². The highest BCUT2D eigenvalue weighted by Crippen LogP contribution is 2.57. The van der Waals surface area contributed by atoms with Gasteiger partial charge in [0.25, 0.3) is 5.91 Å². The predicted octanol–water partition coefficient (Wildman–Crippen LogP) is 4.71. The van der Waals surface area contributed by atoms with Crippen molar-refractivity contribution in [3.63, 3.8) is 0 Å². The van der Waals surface area contributed by atoms with Gasteiger partial charge in [-0.2, -0.15) is 5.10 Å². The van der Waals surface area contributed by atoms with E-state index in [0.29, 0.717) is 41.5 Å². The summed E-state index contributed by atoms with van der Waals surface area (Å²) in [5.74, 6) is -0.0318. The minimum Gasteiger partial charge on any atom is -0.383 e. The highest BCUT2D eigenvalue weighted by atomic mass is 35.5. The summed E-state index contributed by atoms with van der Waals surface area (Å²) in [7, 11) is 1.77. The molecule has 3 aromatic rings. The molecule has 1 aromatic carbocycles. The van der Waals surface area contributed by atoms with E-state index >= 15 is 0 Å². The summed E-state index contributed by atoms with van der Waals surface area (Å²) in [6, 6.07) is 4.06. The van der Waals surface area contributed by atoms with Gasteiger partial charge in [-0.3, -0.25) is 9.48 Å². The summed E-state index contributed by atoms with van der Waals surface area (Å²) in [6.07, 6.45) is 4.36. The molecule has 11 heteroatoms. The van der Waals surface area contributed by atoms with Crippen LogP contribution in [0.15, 0.2) is 24.5 Å². The van der Waals surface area contributed by atoms with Crippen molar-refractivity contribution >= 4 is 40.6 Å². The zero-order chi connectivity index (χ0) is 25.1. The van der Waals surface area contributed by atoms with Gasteiger partial charge in [0, 0.05) is 25.2 Å². The van der Waals surface area contributed by atoms with Crippen molar-refractivity contribution in [1.29, 1.82) is 0 Å². The molecule has 2 aliphatic carbocycles. The van der Waals surface area contributed by atoms with Crippen LogP contribution in [-0.2, 0) is 19.2 Å². The van der Waals surface area contributed by atoms with Crippen LogP contribution in [-0.4, -0.2) is 30.3 Å². The Morgan fingerprint density at radius 2 is 2.00 bits per heavy atom. The first-order valence-electron chi connectivity index (χ1n) is 11.6. The normalized spacial score (nSPS) is 25.7. The number of imidazole rings is 1. The van der Waals surface area contributed by atoms with Gasteiger partial charge in [-0.05, 0) is 62.6 Å². The lowest BCUT2D eigenvalue weighted by Crippen LogP contribution is -2.27. The molecule has 2 atom stereocenters. The second-order valence-electron chi connectivity index (χ2n) is 9.66. The number of halogens is 3. The number of hydrogen-bond acceptors (Lipinski definition) is 5. The molecule has 8 nitrogen and oxygen atoms in total. The first-order valence-corrected chi connectivity index (χ1v) is 12.4. The largest absolute Gasteiger partial charge is 0.383 e. The summed E-state index contributed by atoms with van der Waals surface area (Å²) in [6.45, 7) is 2.51. The van der Waals surface area contributed by atoms with E-state index in [-0.39, 0.29) is 34.5 Å². The molecule has 0 radical (unpaired) electrons. The number of carbonyl (C=O) groups is 1. The fraction of sp³-hybridized carbons (Fsp3) is 0.458. The lowest BCUT2D eigenvalue weighted by Gasteiger charge is -2.26. The Bertz CT molecular complexity index is 1290. The van der Waals surface area contributed by atoms with Gasteiger partial charge in [0.1, 0.15) is 22.1 Å². The van der Waals surface area contributed by atoms with Crippen LogP contribution >= 0.6 is 23.2 Å². The highest BCUT2D eigenvalue weighted by Gasteiger charge is 2.52. The standard InChI is InChI=1S/C24H27Cl2FN6O2/c1-3-33-21(18(26)22(28)31-33)24(35)9-13-6-12(7-14(13)10-24)19-20(32(2)11-29-19)23(34)30-15-4-5-17(27)16(25)8-15/h4-5,8,11-14,35H,3,6-7,9-10H2,1-2H3,(H2,28,31)(H,30,34). The van der Waals surface area contributed by atoms with E-state index in [4.69, 9.17) is 28.9 Å². The number of nitrogen functional groups attached to an aromatic ring is 1. The predicted molar refractivity (Wildman–Crippen MR) is 132 cm³/mol. The number of aromatic nitrogens is 4. The van der Waals surface area contributed by atoms with Crippen LogP contribution in [0.3, 0.4) is 0 Å². The van der Waals surface area contributed by atoms with E-state index in [1.165, 1.54) is 18.2 Å². The number of carbonyl (C=O) groups excluding carboxylic acids is 1. The Morgan fingerprint density at radius 3 is 2.63 bits per heavy atom. The molecule has 4 N–H and O–H groups in total. The Kier molecular flexibility index (Phi) is 6.05. The summed E-state index contributed by atoms with van der Waals surface area (Å²) >= 11 is 12.3. The third-order valence-electron chi connectivity index (χ3n) is 7.45. The van der Waals surface area contributed by atoms with Crippen LogP contribution < -0.4 is 11.1 Å². The fourth-order valence-corrected chi connectivity index (χ4v) is 6.49. The van der Waals surface area contributed by atoms with Crippen LogP contribution in [0, 0.1) is 17.7 Å². The van der Waals surface area contributed by atoms with Crippen LogP contribution in [0.4, 0.5) is 15.9 Å². The van der Waals surface area contributed by atoms with E-state index in [1.807, 2.05) is 6.92 Å². The van der Waals surface area contributed by atoms with Crippen molar-refractivity contribution in [2.45, 2.75) is 50.7 Å². The number of benzene rings is 1. The van der Waals surface area contributed by atoms with Crippen molar-refractivity contribution < 1.29 is 14.3 Å². The number of fused-ring (bicyclic) bond motifs is 1. The average Bonchev–Trinajstić information content (AvgIpc) is 3.52. The minimum absolute atomic E-state index is 0.0598. The first kappa shape index (κ1) is 24.1. The Labute approximate surface area is 212 Å². The Morgan fingerprint density at radius 1 is 1.31 bits per heavy atom. The number of aliphatic hydroxyl groups is 1. The number of amides is 1. The molecular formula is C24H27Cl2FN6O2. The number of hydrogen-bond donors (Lipinski definition) is 3. The topological polar surface area (TPSA) is 111 Å². The molecule has 0 spiro atoms. The summed E-state index contributed by atoms with van der Waals surface area (Å²) < 4.78 is 16.9. The number of anilines is 2. The number of rotatable bonds is 5. The maximum Gasteiger partial charge on any atom is 0.274 e. The lowest BCUT2D eigenvalue weighted by molar-refractivity contribution is 0.0256. The molecule has 0 aliphatic heterocycles. The molecule has 2 heterocycles. The Hall–Kier alpha value is -2.62. The lowest BCUT2D eigenvalue weighted by atomic mass is 9.90. The second kappa shape index (κ2) is 8.80. The number of nitrogens with zero attached hydrogens (tertiary/aromatic N) is 4. The van der Waals surface area contributed by atoms with Gasteiger partial charge < -0.3 is 20.7 Å². The number of nitrogens with one attached hydrogen (secondary N) is 1.